The number of benzene rings is 1. The Balaban J connectivity index is 1.87. The van der Waals surface area contributed by atoms with Crippen LogP contribution >= 0.6 is 0 Å². The molecule has 0 saturated heterocycles. The molecule has 0 atom stereocenters. The molecule has 0 spiro atoms. The summed E-state index contributed by atoms with van der Waals surface area (Å²) in [6.45, 7) is 0.687. The lowest BCUT2D eigenvalue weighted by Gasteiger charge is -2.06. The number of carboxylic acid groups (broad SMARTS) is 1. The lowest BCUT2D eigenvalue weighted by atomic mass is 10.1. The molecule has 0 bridgehead atoms. The van der Waals surface area contributed by atoms with Crippen molar-refractivity contribution in [3.8, 4) is 5.88 Å². The Bertz CT molecular complexity index is 584. The van der Waals surface area contributed by atoms with E-state index in [9.17, 15) is 4.79 Å². The molecule has 6 nitrogen and oxygen atoms in total. The van der Waals surface area contributed by atoms with E-state index in [1.54, 1.807) is 25.3 Å². The summed E-state index contributed by atoms with van der Waals surface area (Å²) in [5.74, 6) is 0.287. The molecular formula is C14H15N3O3. The Morgan fingerprint density at radius 3 is 2.70 bits per heavy atom. The van der Waals surface area contributed by atoms with Crippen molar-refractivity contribution in [2.45, 2.75) is 6.42 Å². The summed E-state index contributed by atoms with van der Waals surface area (Å²) in [4.78, 5) is 18.7. The van der Waals surface area contributed by atoms with Gasteiger partial charge in [0.25, 0.3) is 0 Å². The number of carboxylic acids is 1. The van der Waals surface area contributed by atoms with Crippen LogP contribution in [0, 0.1) is 0 Å². The molecule has 20 heavy (non-hydrogen) atoms. The number of methoxy groups -OCH3 is 1. The van der Waals surface area contributed by atoms with Crippen LogP contribution in [0.25, 0.3) is 0 Å². The van der Waals surface area contributed by atoms with Crippen molar-refractivity contribution in [1.82, 2.24) is 9.97 Å². The van der Waals surface area contributed by atoms with E-state index in [1.807, 2.05) is 12.1 Å². The van der Waals surface area contributed by atoms with Gasteiger partial charge in [-0.2, -0.15) is 0 Å². The highest BCUT2D eigenvalue weighted by Crippen LogP contribution is 2.10. The van der Waals surface area contributed by atoms with Gasteiger partial charge in [0.1, 0.15) is 12.1 Å². The van der Waals surface area contributed by atoms with E-state index < -0.39 is 5.97 Å². The highest BCUT2D eigenvalue weighted by Gasteiger charge is 2.02. The molecule has 2 N–H and O–H groups in total. The fraction of sp³-hybridized carbons (Fsp3) is 0.214. The number of hydrogen-bond donors (Lipinski definition) is 2. The Labute approximate surface area is 116 Å². The molecule has 1 heterocycles. The van der Waals surface area contributed by atoms with Gasteiger partial charge in [-0.1, -0.05) is 12.1 Å². The molecule has 6 heteroatoms. The molecule has 2 rings (SSSR count). The summed E-state index contributed by atoms with van der Waals surface area (Å²) in [6.07, 6.45) is 2.20. The number of aromatic carboxylic acids is 1. The Morgan fingerprint density at radius 1 is 1.30 bits per heavy atom. The molecule has 2 aromatic rings. The third kappa shape index (κ3) is 3.68. The molecule has 0 aliphatic heterocycles. The zero-order valence-electron chi connectivity index (χ0n) is 11.0. The van der Waals surface area contributed by atoms with Gasteiger partial charge in [0.15, 0.2) is 0 Å². The number of rotatable bonds is 6. The zero-order valence-corrected chi connectivity index (χ0v) is 11.0. The largest absolute Gasteiger partial charge is 0.481 e. The van der Waals surface area contributed by atoms with Crippen LogP contribution in [0.5, 0.6) is 5.88 Å². The summed E-state index contributed by atoms with van der Waals surface area (Å²) in [7, 11) is 1.55. The monoisotopic (exact) mass is 273 g/mol. The van der Waals surface area contributed by atoms with Crippen molar-refractivity contribution < 1.29 is 14.6 Å². The molecule has 1 aromatic carbocycles. The Kier molecular flexibility index (Phi) is 4.49. The second-order valence-electron chi connectivity index (χ2n) is 4.12. The van der Waals surface area contributed by atoms with Crippen LogP contribution in [0.2, 0.25) is 0 Å². The summed E-state index contributed by atoms with van der Waals surface area (Å²) < 4.78 is 5.01. The van der Waals surface area contributed by atoms with E-state index in [-0.39, 0.29) is 0 Å². The van der Waals surface area contributed by atoms with Crippen molar-refractivity contribution >= 4 is 11.8 Å². The minimum Gasteiger partial charge on any atom is -0.481 e. The lowest BCUT2D eigenvalue weighted by molar-refractivity contribution is 0.0697. The maximum atomic E-state index is 10.7. The quantitative estimate of drug-likeness (QED) is 0.835. The summed E-state index contributed by atoms with van der Waals surface area (Å²) in [5.41, 5.74) is 1.35. The van der Waals surface area contributed by atoms with Gasteiger partial charge in [0.05, 0.1) is 12.7 Å². The maximum absolute atomic E-state index is 10.7. The molecule has 0 amide bonds. The van der Waals surface area contributed by atoms with Crippen molar-refractivity contribution in [2.24, 2.45) is 0 Å². The molecule has 0 radical (unpaired) electrons. The van der Waals surface area contributed by atoms with Crippen molar-refractivity contribution in [3.63, 3.8) is 0 Å². The third-order valence-corrected chi connectivity index (χ3v) is 2.77. The molecule has 0 unspecified atom stereocenters. The van der Waals surface area contributed by atoms with Crippen LogP contribution in [0.3, 0.4) is 0 Å². The average Bonchev–Trinajstić information content (AvgIpc) is 2.48. The summed E-state index contributed by atoms with van der Waals surface area (Å²) in [5, 5.41) is 12.0. The zero-order chi connectivity index (χ0) is 14.4. The normalized spacial score (nSPS) is 10.1. The van der Waals surface area contributed by atoms with Crippen LogP contribution in [-0.2, 0) is 6.42 Å². The molecule has 0 aliphatic rings. The molecule has 0 fully saturated rings. The minimum atomic E-state index is -0.914. The highest BCUT2D eigenvalue weighted by atomic mass is 16.5. The first kappa shape index (κ1) is 13.8. The average molecular weight is 273 g/mol. The third-order valence-electron chi connectivity index (χ3n) is 2.77. The molecular weight excluding hydrogens is 258 g/mol. The van der Waals surface area contributed by atoms with Gasteiger partial charge in [0.2, 0.25) is 5.88 Å². The van der Waals surface area contributed by atoms with Crippen molar-refractivity contribution in [1.29, 1.82) is 0 Å². The van der Waals surface area contributed by atoms with Crippen LogP contribution in [-0.4, -0.2) is 34.7 Å². The van der Waals surface area contributed by atoms with Gasteiger partial charge < -0.3 is 15.2 Å². The van der Waals surface area contributed by atoms with E-state index in [0.29, 0.717) is 23.8 Å². The second-order valence-corrected chi connectivity index (χ2v) is 4.12. The standard InChI is InChI=1S/C14H15N3O3/c1-20-13-8-12(16-9-17-13)15-7-6-10-2-4-11(5-3-10)14(18)19/h2-5,8-9H,6-7H2,1H3,(H,18,19)(H,15,16,17). The fourth-order valence-electron chi connectivity index (χ4n) is 1.70. The van der Waals surface area contributed by atoms with Gasteiger partial charge in [0, 0.05) is 12.6 Å². The SMILES string of the molecule is COc1cc(NCCc2ccc(C(=O)O)cc2)ncn1. The predicted octanol–water partition coefficient (Wildman–Crippen LogP) is 1.84. The first-order chi connectivity index (χ1) is 9.69. The summed E-state index contributed by atoms with van der Waals surface area (Å²) in [6, 6.07) is 8.54. The van der Waals surface area contributed by atoms with Crippen molar-refractivity contribution in [3.05, 3.63) is 47.8 Å². The topological polar surface area (TPSA) is 84.3 Å². The second kappa shape index (κ2) is 6.51. The number of ether oxygens (including phenoxy) is 1. The highest BCUT2D eigenvalue weighted by molar-refractivity contribution is 5.87. The number of hydrogen-bond acceptors (Lipinski definition) is 5. The van der Waals surface area contributed by atoms with Crippen LogP contribution in [0.1, 0.15) is 15.9 Å². The molecule has 0 saturated carbocycles. The van der Waals surface area contributed by atoms with Crippen LogP contribution < -0.4 is 10.1 Å². The van der Waals surface area contributed by atoms with Crippen molar-refractivity contribution in [2.75, 3.05) is 19.0 Å². The Hall–Kier alpha value is -2.63. The molecule has 104 valence electrons. The van der Waals surface area contributed by atoms with Gasteiger partial charge in [-0.3, -0.25) is 0 Å². The van der Waals surface area contributed by atoms with Gasteiger partial charge in [-0.25, -0.2) is 14.8 Å². The van der Waals surface area contributed by atoms with E-state index >= 15 is 0 Å². The van der Waals surface area contributed by atoms with E-state index in [1.165, 1.54) is 6.33 Å². The minimum absolute atomic E-state index is 0.294. The lowest BCUT2D eigenvalue weighted by Crippen LogP contribution is -2.07. The smallest absolute Gasteiger partial charge is 0.335 e. The number of anilines is 1. The fourth-order valence-corrected chi connectivity index (χ4v) is 1.70. The number of nitrogens with one attached hydrogen (secondary N) is 1. The molecule has 1 aromatic heterocycles. The first-order valence-electron chi connectivity index (χ1n) is 6.11. The van der Waals surface area contributed by atoms with Crippen LogP contribution in [0.4, 0.5) is 5.82 Å². The summed E-state index contributed by atoms with van der Waals surface area (Å²) >= 11 is 0. The number of nitrogens with zero attached hydrogens (tertiary/aromatic N) is 2. The van der Waals surface area contributed by atoms with E-state index in [0.717, 1.165) is 12.0 Å². The van der Waals surface area contributed by atoms with Crippen LogP contribution in [0.15, 0.2) is 36.7 Å². The Morgan fingerprint density at radius 2 is 2.05 bits per heavy atom. The van der Waals surface area contributed by atoms with E-state index in [2.05, 4.69) is 15.3 Å². The predicted molar refractivity (Wildman–Crippen MR) is 74.2 cm³/mol. The maximum Gasteiger partial charge on any atom is 0.335 e. The molecule has 0 aliphatic carbocycles. The van der Waals surface area contributed by atoms with Gasteiger partial charge in [-0.15, -0.1) is 0 Å². The van der Waals surface area contributed by atoms with Gasteiger partial charge >= 0.3 is 5.97 Å². The first-order valence-corrected chi connectivity index (χ1v) is 6.11. The van der Waals surface area contributed by atoms with Gasteiger partial charge in [-0.05, 0) is 24.1 Å². The number of aromatic nitrogens is 2. The number of carbonyl (C=O) groups is 1. The van der Waals surface area contributed by atoms with E-state index in [4.69, 9.17) is 9.84 Å².